The third-order valence-corrected chi connectivity index (χ3v) is 5.39. The number of piperidine rings is 1. The minimum Gasteiger partial charge on any atom is -0.363 e. The van der Waals surface area contributed by atoms with Crippen LogP contribution in [0.4, 0.5) is 5.82 Å². The first-order chi connectivity index (χ1) is 11.0. The Labute approximate surface area is 141 Å². The van der Waals surface area contributed by atoms with Crippen molar-refractivity contribution in [3.63, 3.8) is 0 Å². The van der Waals surface area contributed by atoms with E-state index in [0.717, 1.165) is 42.2 Å². The van der Waals surface area contributed by atoms with Gasteiger partial charge in [0.05, 0.1) is 4.88 Å². The highest BCUT2D eigenvalue weighted by Gasteiger charge is 2.26. The molecule has 1 saturated heterocycles. The summed E-state index contributed by atoms with van der Waals surface area (Å²) >= 11 is 1.55. The Bertz CT molecular complexity index is 695. The summed E-state index contributed by atoms with van der Waals surface area (Å²) in [4.78, 5) is 21.9. The molecule has 1 aliphatic heterocycles. The number of aryl methyl sites for hydroxylation is 1. The first-order valence-electron chi connectivity index (χ1n) is 8.02. The van der Waals surface area contributed by atoms with E-state index in [1.54, 1.807) is 11.3 Å². The molecule has 2 aromatic rings. The summed E-state index contributed by atoms with van der Waals surface area (Å²) < 4.78 is 0. The summed E-state index contributed by atoms with van der Waals surface area (Å²) in [6.07, 6.45) is 4.05. The van der Waals surface area contributed by atoms with Gasteiger partial charge in [0, 0.05) is 39.3 Å². The summed E-state index contributed by atoms with van der Waals surface area (Å²) in [7, 11) is 4.00. The number of anilines is 1. The molecule has 0 spiro atoms. The topological polar surface area (TPSA) is 36.4 Å². The molecular weight excluding hydrogens is 306 g/mol. The molecule has 1 atom stereocenters. The summed E-state index contributed by atoms with van der Waals surface area (Å²) in [6.45, 7) is 3.69. The molecule has 1 aliphatic rings. The van der Waals surface area contributed by atoms with E-state index in [-0.39, 0.29) is 5.91 Å². The molecule has 4 nitrogen and oxygen atoms in total. The van der Waals surface area contributed by atoms with Gasteiger partial charge >= 0.3 is 0 Å². The number of likely N-dealkylation sites (tertiary alicyclic amines) is 1. The number of amides is 1. The van der Waals surface area contributed by atoms with E-state index in [9.17, 15) is 4.79 Å². The molecule has 0 radical (unpaired) electrons. The molecule has 1 amide bonds. The summed E-state index contributed by atoms with van der Waals surface area (Å²) in [5, 5.41) is 2.04. The fraction of sp³-hybridized carbons (Fsp3) is 0.444. The zero-order chi connectivity index (χ0) is 16.4. The number of rotatable bonds is 3. The predicted molar refractivity (Wildman–Crippen MR) is 95.5 cm³/mol. The molecule has 3 rings (SSSR count). The third kappa shape index (κ3) is 3.55. The number of pyridine rings is 1. The molecule has 1 unspecified atom stereocenters. The second-order valence-electron chi connectivity index (χ2n) is 6.42. The number of hydrogen-bond donors (Lipinski definition) is 0. The van der Waals surface area contributed by atoms with Crippen LogP contribution < -0.4 is 4.90 Å². The maximum absolute atomic E-state index is 12.7. The summed E-state index contributed by atoms with van der Waals surface area (Å²) in [5.41, 5.74) is 2.44. The maximum Gasteiger partial charge on any atom is 0.263 e. The van der Waals surface area contributed by atoms with E-state index in [2.05, 4.69) is 17.1 Å². The van der Waals surface area contributed by atoms with Gasteiger partial charge in [-0.15, -0.1) is 11.3 Å². The van der Waals surface area contributed by atoms with Crippen LogP contribution in [0.15, 0.2) is 29.8 Å². The Morgan fingerprint density at radius 1 is 1.39 bits per heavy atom. The van der Waals surface area contributed by atoms with E-state index >= 15 is 0 Å². The molecule has 3 heterocycles. The van der Waals surface area contributed by atoms with Gasteiger partial charge in [-0.3, -0.25) is 4.79 Å². The normalized spacial score (nSPS) is 18.0. The fourth-order valence-electron chi connectivity index (χ4n) is 3.07. The third-order valence-electron chi connectivity index (χ3n) is 4.35. The van der Waals surface area contributed by atoms with Gasteiger partial charge in [0.25, 0.3) is 5.91 Å². The van der Waals surface area contributed by atoms with Crippen molar-refractivity contribution in [3.05, 3.63) is 45.8 Å². The van der Waals surface area contributed by atoms with Gasteiger partial charge in [-0.2, -0.15) is 0 Å². The second kappa shape index (κ2) is 6.71. The number of carbonyl (C=O) groups excluding carboxylic acids is 1. The van der Waals surface area contributed by atoms with Crippen molar-refractivity contribution in [1.29, 1.82) is 0 Å². The Morgan fingerprint density at radius 2 is 2.22 bits per heavy atom. The van der Waals surface area contributed by atoms with Gasteiger partial charge in [0.15, 0.2) is 0 Å². The lowest BCUT2D eigenvalue weighted by Crippen LogP contribution is -2.38. The largest absolute Gasteiger partial charge is 0.363 e. The van der Waals surface area contributed by atoms with Crippen molar-refractivity contribution in [2.75, 3.05) is 32.1 Å². The van der Waals surface area contributed by atoms with Gasteiger partial charge in [0.2, 0.25) is 0 Å². The fourth-order valence-corrected chi connectivity index (χ4v) is 3.93. The summed E-state index contributed by atoms with van der Waals surface area (Å²) in [5.74, 6) is 1.55. The summed E-state index contributed by atoms with van der Waals surface area (Å²) in [6, 6.07) is 6.22. The highest BCUT2D eigenvalue weighted by molar-refractivity contribution is 7.12. The standard InChI is InChI=1S/C18H23N3OS/c1-13-9-16(23-12-13)18(22)21-8-4-5-15(11-21)14-6-7-19-17(10-14)20(2)3/h6-7,9-10,12,15H,4-5,8,11H2,1-3H3. The molecular formula is C18H23N3OS. The van der Waals surface area contributed by atoms with Crippen molar-refractivity contribution in [2.45, 2.75) is 25.7 Å². The van der Waals surface area contributed by atoms with E-state index < -0.39 is 0 Å². The predicted octanol–water partition coefficient (Wildman–Crippen LogP) is 3.54. The number of carbonyl (C=O) groups is 1. The monoisotopic (exact) mass is 329 g/mol. The average molecular weight is 329 g/mol. The Morgan fingerprint density at radius 3 is 2.91 bits per heavy atom. The second-order valence-corrected chi connectivity index (χ2v) is 7.33. The molecule has 0 bridgehead atoms. The van der Waals surface area contributed by atoms with Crippen LogP contribution in [0.5, 0.6) is 0 Å². The molecule has 5 heteroatoms. The van der Waals surface area contributed by atoms with Gasteiger partial charge in [-0.1, -0.05) is 0 Å². The average Bonchev–Trinajstić information content (AvgIpc) is 3.01. The van der Waals surface area contributed by atoms with E-state index in [0.29, 0.717) is 5.92 Å². The van der Waals surface area contributed by atoms with Crippen LogP contribution in [-0.4, -0.2) is 43.0 Å². The van der Waals surface area contributed by atoms with Gasteiger partial charge < -0.3 is 9.80 Å². The first kappa shape index (κ1) is 16.0. The Balaban J connectivity index is 1.75. The van der Waals surface area contributed by atoms with Crippen molar-refractivity contribution in [2.24, 2.45) is 0 Å². The van der Waals surface area contributed by atoms with E-state index in [1.807, 2.05) is 48.5 Å². The molecule has 0 aliphatic carbocycles. The van der Waals surface area contributed by atoms with Crippen LogP contribution in [0.2, 0.25) is 0 Å². The lowest BCUT2D eigenvalue weighted by Gasteiger charge is -2.33. The minimum atomic E-state index is 0.176. The number of aromatic nitrogens is 1. The van der Waals surface area contributed by atoms with E-state index in [1.165, 1.54) is 5.56 Å². The van der Waals surface area contributed by atoms with E-state index in [4.69, 9.17) is 0 Å². The van der Waals surface area contributed by atoms with Gasteiger partial charge in [-0.25, -0.2) is 4.98 Å². The van der Waals surface area contributed by atoms with Crippen molar-refractivity contribution in [3.8, 4) is 0 Å². The number of hydrogen-bond acceptors (Lipinski definition) is 4. The van der Waals surface area contributed by atoms with Crippen molar-refractivity contribution >= 4 is 23.1 Å². The van der Waals surface area contributed by atoms with Crippen molar-refractivity contribution in [1.82, 2.24) is 9.88 Å². The Hall–Kier alpha value is -1.88. The van der Waals surface area contributed by atoms with Crippen LogP contribution in [0.3, 0.4) is 0 Å². The smallest absolute Gasteiger partial charge is 0.263 e. The highest BCUT2D eigenvalue weighted by atomic mass is 32.1. The molecule has 0 N–H and O–H groups in total. The molecule has 122 valence electrons. The molecule has 23 heavy (non-hydrogen) atoms. The molecule has 0 saturated carbocycles. The van der Waals surface area contributed by atoms with Crippen LogP contribution >= 0.6 is 11.3 Å². The minimum absolute atomic E-state index is 0.176. The van der Waals surface area contributed by atoms with Gasteiger partial charge in [0.1, 0.15) is 5.82 Å². The quantitative estimate of drug-likeness (QED) is 0.864. The molecule has 1 fully saturated rings. The van der Waals surface area contributed by atoms with Crippen LogP contribution in [-0.2, 0) is 0 Å². The highest BCUT2D eigenvalue weighted by Crippen LogP contribution is 2.29. The van der Waals surface area contributed by atoms with Crippen molar-refractivity contribution < 1.29 is 4.79 Å². The van der Waals surface area contributed by atoms with Crippen LogP contribution in [0.25, 0.3) is 0 Å². The molecule has 2 aromatic heterocycles. The zero-order valence-corrected chi connectivity index (χ0v) is 14.8. The Kier molecular flexibility index (Phi) is 4.66. The lowest BCUT2D eigenvalue weighted by atomic mass is 9.91. The lowest BCUT2D eigenvalue weighted by molar-refractivity contribution is 0.0712. The molecule has 0 aromatic carbocycles. The first-order valence-corrected chi connectivity index (χ1v) is 8.90. The van der Waals surface area contributed by atoms with Crippen LogP contribution in [0.1, 0.15) is 39.6 Å². The number of nitrogens with zero attached hydrogens (tertiary/aromatic N) is 3. The number of thiophene rings is 1. The zero-order valence-electron chi connectivity index (χ0n) is 14.0. The maximum atomic E-state index is 12.7. The van der Waals surface area contributed by atoms with Crippen LogP contribution in [0, 0.1) is 6.92 Å². The SMILES string of the molecule is Cc1csc(C(=O)N2CCCC(c3ccnc(N(C)C)c3)C2)c1. The van der Waals surface area contributed by atoms with Gasteiger partial charge in [-0.05, 0) is 54.5 Å².